The SMILES string of the molecule is CCOc1ccc(Cc2cc(C3CC(O)CC(CNNC(=O)c4ccco4)O3)ccc2Cl)cc1. The fourth-order valence-electron chi connectivity index (χ4n) is 4.07. The smallest absolute Gasteiger partial charge is 0.301 e. The Balaban J connectivity index is 1.38. The first kappa shape index (κ1) is 24.3. The van der Waals surface area contributed by atoms with E-state index in [-0.39, 0.29) is 23.9 Å². The number of carbonyl (C=O) groups excluding carboxylic acids is 1. The predicted molar refractivity (Wildman–Crippen MR) is 129 cm³/mol. The molecule has 1 saturated heterocycles. The Morgan fingerprint density at radius 1 is 1.18 bits per heavy atom. The summed E-state index contributed by atoms with van der Waals surface area (Å²) in [6, 6.07) is 17.1. The van der Waals surface area contributed by atoms with Gasteiger partial charge in [-0.25, -0.2) is 5.43 Å². The molecule has 1 aliphatic rings. The number of halogens is 1. The van der Waals surface area contributed by atoms with Gasteiger partial charge < -0.3 is 19.0 Å². The van der Waals surface area contributed by atoms with Crippen LogP contribution in [0.2, 0.25) is 5.02 Å². The first-order valence-corrected chi connectivity index (χ1v) is 11.8. The van der Waals surface area contributed by atoms with Gasteiger partial charge in [0.25, 0.3) is 0 Å². The molecule has 0 spiro atoms. The topological polar surface area (TPSA) is 93.0 Å². The molecule has 1 aromatic heterocycles. The summed E-state index contributed by atoms with van der Waals surface area (Å²) < 4.78 is 16.8. The molecule has 2 heterocycles. The number of hydrogen-bond donors (Lipinski definition) is 3. The molecule has 3 unspecified atom stereocenters. The van der Waals surface area contributed by atoms with Gasteiger partial charge >= 0.3 is 5.91 Å². The number of nitrogens with one attached hydrogen (secondary N) is 2. The number of hydrogen-bond acceptors (Lipinski definition) is 6. The van der Waals surface area contributed by atoms with Crippen LogP contribution >= 0.6 is 11.6 Å². The van der Waals surface area contributed by atoms with E-state index in [2.05, 4.69) is 10.9 Å². The first-order valence-electron chi connectivity index (χ1n) is 11.4. The number of ether oxygens (including phenoxy) is 2. The summed E-state index contributed by atoms with van der Waals surface area (Å²) in [5, 5.41) is 11.1. The quantitative estimate of drug-likeness (QED) is 0.389. The van der Waals surface area contributed by atoms with Crippen molar-refractivity contribution in [3.8, 4) is 5.75 Å². The van der Waals surface area contributed by atoms with Crippen molar-refractivity contribution >= 4 is 17.5 Å². The zero-order chi connectivity index (χ0) is 23.9. The lowest BCUT2D eigenvalue weighted by Crippen LogP contribution is -2.45. The van der Waals surface area contributed by atoms with Crippen molar-refractivity contribution in [2.45, 2.75) is 44.5 Å². The van der Waals surface area contributed by atoms with Crippen LogP contribution in [-0.4, -0.2) is 36.4 Å². The summed E-state index contributed by atoms with van der Waals surface area (Å²) in [6.07, 6.45) is 2.06. The van der Waals surface area contributed by atoms with Crippen molar-refractivity contribution in [2.75, 3.05) is 13.2 Å². The minimum absolute atomic E-state index is 0.219. The number of hydrazine groups is 1. The average Bonchev–Trinajstić information content (AvgIpc) is 3.37. The third-order valence-electron chi connectivity index (χ3n) is 5.72. The third kappa shape index (κ3) is 6.39. The number of rotatable bonds is 9. The molecular formula is C26H29ClN2O5. The van der Waals surface area contributed by atoms with Gasteiger partial charge in [0.1, 0.15) is 5.75 Å². The van der Waals surface area contributed by atoms with Crippen LogP contribution in [0.1, 0.15) is 53.1 Å². The maximum atomic E-state index is 12.0. The van der Waals surface area contributed by atoms with Gasteiger partial charge in [0, 0.05) is 24.4 Å². The van der Waals surface area contributed by atoms with E-state index in [4.69, 9.17) is 25.5 Å². The highest BCUT2D eigenvalue weighted by molar-refractivity contribution is 6.31. The summed E-state index contributed by atoms with van der Waals surface area (Å²) in [5.41, 5.74) is 8.55. The fourth-order valence-corrected chi connectivity index (χ4v) is 4.26. The van der Waals surface area contributed by atoms with E-state index < -0.39 is 6.10 Å². The maximum absolute atomic E-state index is 12.0. The summed E-state index contributed by atoms with van der Waals surface area (Å²) in [7, 11) is 0. The van der Waals surface area contributed by atoms with Crippen LogP contribution in [-0.2, 0) is 11.2 Å². The van der Waals surface area contributed by atoms with Gasteiger partial charge in [0.15, 0.2) is 5.76 Å². The molecule has 4 rings (SSSR count). The third-order valence-corrected chi connectivity index (χ3v) is 6.09. The normalized spacial score (nSPS) is 20.1. The van der Waals surface area contributed by atoms with E-state index >= 15 is 0 Å². The van der Waals surface area contributed by atoms with E-state index in [1.165, 1.54) is 6.26 Å². The molecule has 3 aromatic rings. The summed E-state index contributed by atoms with van der Waals surface area (Å²) >= 11 is 6.49. The number of carbonyl (C=O) groups is 1. The summed E-state index contributed by atoms with van der Waals surface area (Å²) in [5.74, 6) is 0.696. The highest BCUT2D eigenvalue weighted by Crippen LogP contribution is 2.33. The number of benzene rings is 2. The van der Waals surface area contributed by atoms with Crippen LogP contribution in [0.3, 0.4) is 0 Å². The molecule has 3 N–H and O–H groups in total. The Labute approximate surface area is 204 Å². The van der Waals surface area contributed by atoms with Gasteiger partial charge in [0.2, 0.25) is 0 Å². The second-order valence-electron chi connectivity index (χ2n) is 8.29. The van der Waals surface area contributed by atoms with Crippen molar-refractivity contribution in [3.63, 3.8) is 0 Å². The van der Waals surface area contributed by atoms with Crippen molar-refractivity contribution in [3.05, 3.63) is 88.3 Å². The highest BCUT2D eigenvalue weighted by Gasteiger charge is 2.29. The van der Waals surface area contributed by atoms with E-state index in [1.54, 1.807) is 12.1 Å². The average molecular weight is 485 g/mol. The van der Waals surface area contributed by atoms with E-state index in [9.17, 15) is 9.90 Å². The van der Waals surface area contributed by atoms with Gasteiger partial charge in [-0.1, -0.05) is 35.9 Å². The van der Waals surface area contributed by atoms with Crippen molar-refractivity contribution in [1.29, 1.82) is 0 Å². The van der Waals surface area contributed by atoms with Crippen LogP contribution < -0.4 is 15.6 Å². The van der Waals surface area contributed by atoms with E-state index in [1.807, 2.05) is 49.4 Å². The Bertz CT molecular complexity index is 1070. The summed E-state index contributed by atoms with van der Waals surface area (Å²) in [6.45, 7) is 2.95. The van der Waals surface area contributed by atoms with Gasteiger partial charge in [-0.2, -0.15) is 0 Å². The number of aliphatic hydroxyl groups excluding tert-OH is 1. The molecule has 7 nitrogen and oxygen atoms in total. The van der Waals surface area contributed by atoms with Gasteiger partial charge in [-0.15, -0.1) is 0 Å². The molecule has 1 amide bonds. The minimum Gasteiger partial charge on any atom is -0.494 e. The Morgan fingerprint density at radius 2 is 2.00 bits per heavy atom. The minimum atomic E-state index is -0.503. The van der Waals surface area contributed by atoms with Gasteiger partial charge in [-0.3, -0.25) is 10.2 Å². The molecule has 2 aromatic carbocycles. The van der Waals surface area contributed by atoms with Crippen LogP contribution in [0.15, 0.2) is 65.3 Å². The molecular weight excluding hydrogens is 456 g/mol. The monoisotopic (exact) mass is 484 g/mol. The maximum Gasteiger partial charge on any atom is 0.301 e. The lowest BCUT2D eigenvalue weighted by molar-refractivity contribution is -0.0965. The lowest BCUT2D eigenvalue weighted by Gasteiger charge is -2.34. The Morgan fingerprint density at radius 3 is 2.74 bits per heavy atom. The first-order chi connectivity index (χ1) is 16.5. The molecule has 3 atom stereocenters. The zero-order valence-corrected chi connectivity index (χ0v) is 19.8. The molecule has 1 fully saturated rings. The molecule has 0 radical (unpaired) electrons. The molecule has 8 heteroatoms. The predicted octanol–water partition coefficient (Wildman–Crippen LogP) is 4.44. The Hall–Kier alpha value is -2.84. The molecule has 0 saturated carbocycles. The van der Waals surface area contributed by atoms with Crippen molar-refractivity contribution in [1.82, 2.24) is 10.9 Å². The van der Waals surface area contributed by atoms with E-state index in [0.29, 0.717) is 37.4 Å². The Kier molecular flexibility index (Phi) is 8.24. The highest BCUT2D eigenvalue weighted by atomic mass is 35.5. The second-order valence-corrected chi connectivity index (χ2v) is 8.70. The van der Waals surface area contributed by atoms with Crippen LogP contribution in [0.4, 0.5) is 0 Å². The number of amides is 1. The molecule has 180 valence electrons. The van der Waals surface area contributed by atoms with Crippen molar-refractivity contribution < 1.29 is 23.8 Å². The lowest BCUT2D eigenvalue weighted by atomic mass is 9.94. The van der Waals surface area contributed by atoms with E-state index in [0.717, 1.165) is 22.4 Å². The van der Waals surface area contributed by atoms with Crippen LogP contribution in [0.25, 0.3) is 0 Å². The van der Waals surface area contributed by atoms with Crippen molar-refractivity contribution in [2.24, 2.45) is 0 Å². The van der Waals surface area contributed by atoms with Gasteiger partial charge in [-0.05, 0) is 60.4 Å². The molecule has 0 aliphatic carbocycles. The van der Waals surface area contributed by atoms with Crippen LogP contribution in [0.5, 0.6) is 5.75 Å². The second kappa shape index (κ2) is 11.5. The summed E-state index contributed by atoms with van der Waals surface area (Å²) in [4.78, 5) is 12.0. The molecule has 34 heavy (non-hydrogen) atoms. The zero-order valence-electron chi connectivity index (χ0n) is 19.0. The molecule has 0 bridgehead atoms. The number of furan rings is 1. The largest absolute Gasteiger partial charge is 0.494 e. The van der Waals surface area contributed by atoms with Crippen LogP contribution in [0, 0.1) is 0 Å². The standard InChI is InChI=1S/C26H29ClN2O5/c1-2-32-21-8-5-17(6-9-21)12-19-13-18(7-10-23(19)27)25-15-20(30)14-22(34-25)16-28-29-26(31)24-4-3-11-33-24/h3-11,13,20,22,25,28,30H,2,12,14-16H2,1H3,(H,29,31). The van der Waals surface area contributed by atoms with Gasteiger partial charge in [0.05, 0.1) is 31.2 Å². The molecule has 1 aliphatic heterocycles. The number of aliphatic hydroxyl groups is 1. The fraction of sp³-hybridized carbons (Fsp3) is 0.346.